The zero-order valence-corrected chi connectivity index (χ0v) is 39.8. The average Bonchev–Trinajstić information content (AvgIpc) is 3.32. The second-order valence-corrected chi connectivity index (χ2v) is 18.6. The Hall–Kier alpha value is -5.12. The highest BCUT2D eigenvalue weighted by Crippen LogP contribution is 2.40. The van der Waals surface area contributed by atoms with Crippen LogP contribution in [0.5, 0.6) is 5.75 Å². The molecule has 0 bridgehead atoms. The SMILES string of the molecule is C=C(C)C(=O)OCCCc1cc(-c2ccc(-c3ccc(-c4ccc(C5CCC(CCCCC)CC5)cc4F)cc3)cc2F)cc(CCCOC(=O)C(=C)C)c1OCCC(CO)(CO)CCC. The highest BCUT2D eigenvalue weighted by atomic mass is 19.1. The van der Waals surface area contributed by atoms with Gasteiger partial charge in [-0.3, -0.25) is 0 Å². The molecule has 0 spiro atoms. The topological polar surface area (TPSA) is 102 Å². The summed E-state index contributed by atoms with van der Waals surface area (Å²) in [5.74, 6) is 0.163. The van der Waals surface area contributed by atoms with Crippen molar-refractivity contribution in [2.45, 2.75) is 130 Å². The van der Waals surface area contributed by atoms with Crippen molar-refractivity contribution in [3.63, 3.8) is 0 Å². The predicted octanol–water partition coefficient (Wildman–Crippen LogP) is 13.5. The van der Waals surface area contributed by atoms with Crippen LogP contribution in [0.1, 0.15) is 134 Å². The molecule has 0 unspecified atom stereocenters. The van der Waals surface area contributed by atoms with Crippen molar-refractivity contribution >= 4 is 11.9 Å². The first-order valence-corrected chi connectivity index (χ1v) is 24.2. The van der Waals surface area contributed by atoms with Gasteiger partial charge in [0.05, 0.1) is 33.0 Å². The summed E-state index contributed by atoms with van der Waals surface area (Å²) >= 11 is 0. The number of esters is 2. The van der Waals surface area contributed by atoms with Crippen LogP contribution < -0.4 is 4.74 Å². The van der Waals surface area contributed by atoms with Crippen molar-refractivity contribution in [2.24, 2.45) is 11.3 Å². The molecule has 9 heteroatoms. The molecule has 4 aromatic carbocycles. The molecule has 2 N–H and O–H groups in total. The largest absolute Gasteiger partial charge is 0.493 e. The van der Waals surface area contributed by atoms with E-state index in [1.807, 2.05) is 55.5 Å². The van der Waals surface area contributed by atoms with Gasteiger partial charge < -0.3 is 24.4 Å². The summed E-state index contributed by atoms with van der Waals surface area (Å²) in [5.41, 5.74) is 6.28. The van der Waals surface area contributed by atoms with E-state index in [1.165, 1.54) is 44.6 Å². The van der Waals surface area contributed by atoms with Crippen LogP contribution in [0.3, 0.4) is 0 Å². The lowest BCUT2D eigenvalue weighted by molar-refractivity contribution is -0.139. The quantitative estimate of drug-likeness (QED) is 0.0367. The maximum Gasteiger partial charge on any atom is 0.333 e. The van der Waals surface area contributed by atoms with E-state index in [0.29, 0.717) is 83.6 Å². The van der Waals surface area contributed by atoms with Gasteiger partial charge in [0.2, 0.25) is 0 Å². The normalized spacial score (nSPS) is 15.0. The Bertz CT molecular complexity index is 2180. The van der Waals surface area contributed by atoms with E-state index in [9.17, 15) is 19.8 Å². The number of benzene rings is 4. The number of aryl methyl sites for hydroxylation is 2. The van der Waals surface area contributed by atoms with Gasteiger partial charge in [0, 0.05) is 27.7 Å². The van der Waals surface area contributed by atoms with Crippen LogP contribution in [-0.4, -0.2) is 55.2 Å². The van der Waals surface area contributed by atoms with Crippen molar-refractivity contribution in [3.8, 4) is 39.1 Å². The summed E-state index contributed by atoms with van der Waals surface area (Å²) < 4.78 is 49.4. The van der Waals surface area contributed by atoms with Crippen molar-refractivity contribution in [2.75, 3.05) is 33.0 Å². The van der Waals surface area contributed by atoms with Gasteiger partial charge in [0.25, 0.3) is 0 Å². The summed E-state index contributed by atoms with van der Waals surface area (Å²) in [4.78, 5) is 24.3. The first-order valence-electron chi connectivity index (χ1n) is 24.2. The van der Waals surface area contributed by atoms with E-state index in [4.69, 9.17) is 14.2 Å². The number of halogens is 2. The molecule has 4 aromatic rings. The van der Waals surface area contributed by atoms with Crippen LogP contribution in [0.25, 0.3) is 33.4 Å². The second-order valence-electron chi connectivity index (χ2n) is 18.6. The summed E-state index contributed by atoms with van der Waals surface area (Å²) in [5, 5.41) is 20.5. The number of hydrogen-bond donors (Lipinski definition) is 2. The first kappa shape index (κ1) is 51.9. The minimum atomic E-state index is -0.707. The van der Waals surface area contributed by atoms with E-state index >= 15 is 8.78 Å². The third-order valence-electron chi connectivity index (χ3n) is 13.3. The summed E-state index contributed by atoms with van der Waals surface area (Å²) in [6, 6.07) is 22.2. The zero-order chi connectivity index (χ0) is 47.6. The number of aliphatic hydroxyl groups excluding tert-OH is 2. The van der Waals surface area contributed by atoms with Crippen LogP contribution in [0, 0.1) is 23.0 Å². The maximum absolute atomic E-state index is 16.4. The number of carbonyl (C=O) groups excluding carboxylic acids is 2. The van der Waals surface area contributed by atoms with Gasteiger partial charge in [-0.05, 0) is 153 Å². The zero-order valence-electron chi connectivity index (χ0n) is 39.8. The molecule has 66 heavy (non-hydrogen) atoms. The van der Waals surface area contributed by atoms with Crippen LogP contribution >= 0.6 is 0 Å². The van der Waals surface area contributed by atoms with E-state index in [1.54, 1.807) is 26.0 Å². The Morgan fingerprint density at radius 3 is 1.71 bits per heavy atom. The molecular weight excluding hydrogens is 835 g/mol. The Morgan fingerprint density at radius 1 is 0.636 bits per heavy atom. The molecule has 1 aliphatic rings. The number of ether oxygens (including phenoxy) is 3. The van der Waals surface area contributed by atoms with Crippen molar-refractivity contribution in [3.05, 3.63) is 125 Å². The maximum atomic E-state index is 16.4. The van der Waals surface area contributed by atoms with Crippen LogP contribution in [0.2, 0.25) is 0 Å². The van der Waals surface area contributed by atoms with Gasteiger partial charge in [0.15, 0.2) is 0 Å². The molecule has 0 saturated heterocycles. The predicted molar refractivity (Wildman–Crippen MR) is 261 cm³/mol. The fourth-order valence-electron chi connectivity index (χ4n) is 9.22. The van der Waals surface area contributed by atoms with Crippen molar-refractivity contribution in [1.29, 1.82) is 0 Å². The van der Waals surface area contributed by atoms with Crippen LogP contribution in [0.4, 0.5) is 8.78 Å². The Labute approximate surface area is 392 Å². The molecule has 5 rings (SSSR count). The second kappa shape index (κ2) is 25.7. The average molecular weight is 907 g/mol. The molecule has 1 aliphatic carbocycles. The Kier molecular flexibility index (Phi) is 20.2. The molecule has 1 fully saturated rings. The van der Waals surface area contributed by atoms with E-state index < -0.39 is 23.2 Å². The molecule has 0 aliphatic heterocycles. The van der Waals surface area contributed by atoms with Crippen LogP contribution in [-0.2, 0) is 31.9 Å². The summed E-state index contributed by atoms with van der Waals surface area (Å²) in [7, 11) is 0. The van der Waals surface area contributed by atoms with Crippen molar-refractivity contribution in [1.82, 2.24) is 0 Å². The molecular formula is C57H72F2O7. The third-order valence-corrected chi connectivity index (χ3v) is 13.3. The summed E-state index contributed by atoms with van der Waals surface area (Å²) in [6.07, 6.45) is 13.4. The highest BCUT2D eigenvalue weighted by molar-refractivity contribution is 5.87. The fraction of sp³-hybridized carbons (Fsp3) is 0.474. The number of rotatable bonds is 26. The molecule has 0 heterocycles. The number of unbranched alkanes of at least 4 members (excludes halogenated alkanes) is 2. The highest BCUT2D eigenvalue weighted by Gasteiger charge is 2.28. The molecule has 0 aromatic heterocycles. The minimum absolute atomic E-state index is 0.135. The van der Waals surface area contributed by atoms with Gasteiger partial charge >= 0.3 is 11.9 Å². The number of hydrogen-bond acceptors (Lipinski definition) is 7. The fourth-order valence-corrected chi connectivity index (χ4v) is 9.22. The minimum Gasteiger partial charge on any atom is -0.493 e. The monoisotopic (exact) mass is 907 g/mol. The lowest BCUT2D eigenvalue weighted by Crippen LogP contribution is -2.31. The molecule has 0 amide bonds. The van der Waals surface area contributed by atoms with Gasteiger partial charge in [-0.25, -0.2) is 18.4 Å². The standard InChI is InChI=1S/C57H72F2O7/c1-7-9-10-13-41-16-18-42(19-17-41)45-24-26-50(52(58)35-45)44-22-20-43(21-23-44)46-25-27-51(53(59)36-46)49-33-47(14-11-30-65-55(62)39(3)4)54(64-32-29-57(37-60,38-61)28-8-2)48(34-49)15-12-31-66-56(63)40(5)6/h20-27,33-36,41-42,60-61H,3,5,7-19,28-32,37-38H2,1-2,4,6H3. The number of carbonyl (C=O) groups is 2. The van der Waals surface area contributed by atoms with Gasteiger partial charge in [0.1, 0.15) is 17.4 Å². The third kappa shape index (κ3) is 14.4. The first-order chi connectivity index (χ1) is 31.8. The molecule has 1 saturated carbocycles. The van der Waals surface area contributed by atoms with E-state index in [-0.39, 0.29) is 38.9 Å². The molecule has 0 radical (unpaired) electrons. The van der Waals surface area contributed by atoms with Gasteiger partial charge in [-0.2, -0.15) is 0 Å². The molecule has 0 atom stereocenters. The lowest BCUT2D eigenvalue weighted by atomic mass is 9.77. The Balaban J connectivity index is 1.39. The van der Waals surface area contributed by atoms with Gasteiger partial charge in [-0.15, -0.1) is 0 Å². The number of aliphatic hydroxyl groups is 2. The van der Waals surface area contributed by atoms with E-state index in [0.717, 1.165) is 53.0 Å². The van der Waals surface area contributed by atoms with Gasteiger partial charge in [-0.1, -0.05) is 108 Å². The Morgan fingerprint density at radius 2 is 1.18 bits per heavy atom. The molecule has 7 nitrogen and oxygen atoms in total. The van der Waals surface area contributed by atoms with Crippen molar-refractivity contribution < 1.29 is 42.8 Å². The van der Waals surface area contributed by atoms with E-state index in [2.05, 4.69) is 26.1 Å². The van der Waals surface area contributed by atoms with Crippen LogP contribution in [0.15, 0.2) is 97.1 Å². The smallest absolute Gasteiger partial charge is 0.333 e. The molecule has 356 valence electrons. The lowest BCUT2D eigenvalue weighted by Gasteiger charge is -2.30. The summed E-state index contributed by atoms with van der Waals surface area (Å²) in [6.45, 7) is 14.8.